The molecule has 3 fully saturated rings. The van der Waals surface area contributed by atoms with E-state index >= 15 is 0 Å². The SMILES string of the molecule is CCCCCC1CCC(C2CCC(C3CCC(OCCC(CO)CO)C(CCOC(=O)C(C)=O)C3)C(CC)C2)CC1. The van der Waals surface area contributed by atoms with Gasteiger partial charge in [0, 0.05) is 32.7 Å². The Morgan fingerprint density at radius 2 is 1.46 bits per heavy atom. The highest BCUT2D eigenvalue weighted by Crippen LogP contribution is 2.50. The van der Waals surface area contributed by atoms with Crippen molar-refractivity contribution < 1.29 is 29.3 Å². The summed E-state index contributed by atoms with van der Waals surface area (Å²) in [6, 6.07) is 0. The minimum atomic E-state index is -0.747. The predicted molar refractivity (Wildman–Crippen MR) is 163 cm³/mol. The third-order valence-electron chi connectivity index (χ3n) is 11.3. The highest BCUT2D eigenvalue weighted by atomic mass is 16.5. The number of esters is 1. The van der Waals surface area contributed by atoms with Crippen molar-refractivity contribution in [2.45, 2.75) is 136 Å². The quantitative estimate of drug-likeness (QED) is 0.108. The molecular formula is C35H62O6. The zero-order valence-corrected chi connectivity index (χ0v) is 26.6. The smallest absolute Gasteiger partial charge is 0.374 e. The standard InChI is InChI=1S/C35H62O6/c1-4-6-7-8-26-9-11-29(12-10-26)30-13-15-33(28(5-2)21-30)31-14-16-34(40-19-17-27(23-36)24-37)32(22-31)18-20-41-35(39)25(3)38/h26-34,36-37H,4-24H2,1-3H3. The van der Waals surface area contributed by atoms with Crippen LogP contribution < -0.4 is 0 Å². The van der Waals surface area contributed by atoms with Crippen molar-refractivity contribution >= 4 is 11.8 Å². The van der Waals surface area contributed by atoms with Crippen molar-refractivity contribution in [1.82, 2.24) is 0 Å². The van der Waals surface area contributed by atoms with E-state index in [2.05, 4.69) is 13.8 Å². The van der Waals surface area contributed by atoms with E-state index in [9.17, 15) is 19.8 Å². The summed E-state index contributed by atoms with van der Waals surface area (Å²) in [6.07, 6.45) is 21.6. The molecule has 0 amide bonds. The molecule has 0 aromatic rings. The maximum atomic E-state index is 11.8. The lowest BCUT2D eigenvalue weighted by atomic mass is 9.60. The van der Waals surface area contributed by atoms with Crippen molar-refractivity contribution in [1.29, 1.82) is 0 Å². The molecule has 0 bridgehead atoms. The Hall–Kier alpha value is -0.980. The number of ether oxygens (including phenoxy) is 2. The molecule has 0 radical (unpaired) electrons. The van der Waals surface area contributed by atoms with E-state index in [-0.39, 0.29) is 31.8 Å². The fourth-order valence-corrected chi connectivity index (χ4v) is 8.69. The second-order valence-corrected chi connectivity index (χ2v) is 13.9. The van der Waals surface area contributed by atoms with Crippen LogP contribution in [0.15, 0.2) is 0 Å². The highest BCUT2D eigenvalue weighted by Gasteiger charge is 2.41. The summed E-state index contributed by atoms with van der Waals surface area (Å²) < 4.78 is 11.6. The maximum Gasteiger partial charge on any atom is 0.374 e. The molecule has 3 rings (SSSR count). The third-order valence-corrected chi connectivity index (χ3v) is 11.3. The van der Waals surface area contributed by atoms with Crippen molar-refractivity contribution in [2.24, 2.45) is 47.3 Å². The molecule has 2 N–H and O–H groups in total. The summed E-state index contributed by atoms with van der Waals surface area (Å²) in [5.41, 5.74) is 0. The third kappa shape index (κ3) is 10.9. The summed E-state index contributed by atoms with van der Waals surface area (Å²) in [5, 5.41) is 18.8. The lowest BCUT2D eigenvalue weighted by Gasteiger charge is -2.47. The second-order valence-electron chi connectivity index (χ2n) is 13.9. The van der Waals surface area contributed by atoms with Crippen molar-refractivity contribution in [2.75, 3.05) is 26.4 Å². The first-order chi connectivity index (χ1) is 19.9. The normalized spacial score (nSPS) is 32.6. The highest BCUT2D eigenvalue weighted by molar-refractivity contribution is 6.32. The number of hydrogen-bond acceptors (Lipinski definition) is 6. The summed E-state index contributed by atoms with van der Waals surface area (Å²) in [5.74, 6) is 3.98. The van der Waals surface area contributed by atoms with Crippen LogP contribution >= 0.6 is 0 Å². The fraction of sp³-hybridized carbons (Fsp3) is 0.943. The number of carbonyl (C=O) groups is 2. The average molecular weight is 579 g/mol. The van der Waals surface area contributed by atoms with Crippen LogP contribution in [-0.2, 0) is 19.1 Å². The molecule has 3 aliphatic rings. The summed E-state index contributed by atoms with van der Waals surface area (Å²) in [6.45, 7) is 6.68. The molecule has 0 aliphatic heterocycles. The van der Waals surface area contributed by atoms with Gasteiger partial charge in [-0.1, -0.05) is 58.8 Å². The van der Waals surface area contributed by atoms with Gasteiger partial charge in [0.05, 0.1) is 12.7 Å². The number of aliphatic hydroxyl groups is 2. The van der Waals surface area contributed by atoms with E-state index in [4.69, 9.17) is 9.47 Å². The van der Waals surface area contributed by atoms with Gasteiger partial charge >= 0.3 is 5.97 Å². The van der Waals surface area contributed by atoms with Gasteiger partial charge in [0.15, 0.2) is 0 Å². The van der Waals surface area contributed by atoms with Crippen LogP contribution in [0.4, 0.5) is 0 Å². The van der Waals surface area contributed by atoms with E-state index in [1.54, 1.807) is 0 Å². The molecule has 0 heterocycles. The van der Waals surface area contributed by atoms with E-state index in [0.29, 0.717) is 24.9 Å². The molecule has 6 nitrogen and oxygen atoms in total. The van der Waals surface area contributed by atoms with Crippen LogP contribution in [0.3, 0.4) is 0 Å². The molecule has 3 saturated carbocycles. The zero-order chi connectivity index (χ0) is 29.6. The van der Waals surface area contributed by atoms with Crippen LogP contribution in [0.5, 0.6) is 0 Å². The van der Waals surface area contributed by atoms with Crippen LogP contribution in [0.2, 0.25) is 0 Å². The number of carbonyl (C=O) groups excluding carboxylic acids is 2. The second kappa shape index (κ2) is 18.6. The molecule has 6 heteroatoms. The lowest BCUT2D eigenvalue weighted by molar-refractivity contribution is -0.153. The van der Waals surface area contributed by atoms with Gasteiger partial charge in [0.2, 0.25) is 5.78 Å². The molecule has 3 aliphatic carbocycles. The lowest BCUT2D eigenvalue weighted by Crippen LogP contribution is -2.40. The van der Waals surface area contributed by atoms with Crippen LogP contribution in [0, 0.1) is 47.3 Å². The van der Waals surface area contributed by atoms with Crippen molar-refractivity contribution in [3.8, 4) is 0 Å². The molecule has 41 heavy (non-hydrogen) atoms. The van der Waals surface area contributed by atoms with Gasteiger partial charge in [0.25, 0.3) is 0 Å². The molecule has 0 aromatic carbocycles. The molecule has 238 valence electrons. The number of unbranched alkanes of at least 4 members (excludes halogenated alkanes) is 2. The Morgan fingerprint density at radius 3 is 2.12 bits per heavy atom. The first-order valence-corrected chi connectivity index (χ1v) is 17.4. The Balaban J connectivity index is 1.53. The maximum absolute atomic E-state index is 11.8. The van der Waals surface area contributed by atoms with Gasteiger partial charge in [0.1, 0.15) is 0 Å². The van der Waals surface area contributed by atoms with Gasteiger partial charge in [-0.25, -0.2) is 4.79 Å². The summed E-state index contributed by atoms with van der Waals surface area (Å²) >= 11 is 0. The van der Waals surface area contributed by atoms with E-state index in [0.717, 1.165) is 48.9 Å². The topological polar surface area (TPSA) is 93.1 Å². The van der Waals surface area contributed by atoms with Crippen LogP contribution in [0.1, 0.15) is 130 Å². The Bertz CT molecular complexity index is 743. The number of ketones is 1. The predicted octanol–water partition coefficient (Wildman–Crippen LogP) is 7.13. The molecule has 0 aromatic heterocycles. The largest absolute Gasteiger partial charge is 0.460 e. The molecular weight excluding hydrogens is 516 g/mol. The van der Waals surface area contributed by atoms with Crippen molar-refractivity contribution in [3.05, 3.63) is 0 Å². The Kier molecular flexibility index (Phi) is 15.7. The van der Waals surface area contributed by atoms with Gasteiger partial charge in [-0.15, -0.1) is 0 Å². The molecule has 0 spiro atoms. The molecule has 6 unspecified atom stereocenters. The van der Waals surface area contributed by atoms with Crippen LogP contribution in [0.25, 0.3) is 0 Å². The minimum absolute atomic E-state index is 0.0293. The van der Waals surface area contributed by atoms with Gasteiger partial charge in [-0.3, -0.25) is 4.79 Å². The molecule has 0 saturated heterocycles. The summed E-state index contributed by atoms with van der Waals surface area (Å²) in [4.78, 5) is 23.1. The van der Waals surface area contributed by atoms with Gasteiger partial charge in [-0.05, 0) is 106 Å². The van der Waals surface area contributed by atoms with Crippen molar-refractivity contribution in [3.63, 3.8) is 0 Å². The number of rotatable bonds is 17. The number of hydrogen-bond donors (Lipinski definition) is 2. The van der Waals surface area contributed by atoms with Crippen LogP contribution in [-0.4, -0.2) is 54.5 Å². The Morgan fingerprint density at radius 1 is 0.780 bits per heavy atom. The average Bonchev–Trinajstić information content (AvgIpc) is 3.00. The van der Waals surface area contributed by atoms with E-state index in [1.807, 2.05) is 0 Å². The van der Waals surface area contributed by atoms with Gasteiger partial charge in [-0.2, -0.15) is 0 Å². The summed E-state index contributed by atoms with van der Waals surface area (Å²) in [7, 11) is 0. The first kappa shape index (κ1) is 34.5. The van der Waals surface area contributed by atoms with Gasteiger partial charge < -0.3 is 19.7 Å². The Labute approximate surface area is 250 Å². The van der Waals surface area contributed by atoms with E-state index in [1.165, 1.54) is 90.4 Å². The minimum Gasteiger partial charge on any atom is -0.460 e. The van der Waals surface area contributed by atoms with E-state index < -0.39 is 11.8 Å². The first-order valence-electron chi connectivity index (χ1n) is 17.4. The number of Topliss-reactive ketones (excluding diaryl/α,β-unsaturated/α-hetero) is 1. The monoisotopic (exact) mass is 578 g/mol. The molecule has 6 atom stereocenters. The fourth-order valence-electron chi connectivity index (χ4n) is 8.69. The number of aliphatic hydroxyl groups excluding tert-OH is 2. The zero-order valence-electron chi connectivity index (χ0n) is 26.6.